The molecule has 0 aliphatic carbocycles. The molecule has 0 aliphatic heterocycles. The highest BCUT2D eigenvalue weighted by Gasteiger charge is 2.10. The minimum absolute atomic E-state index is 0.143. The van der Waals surface area contributed by atoms with Crippen LogP contribution in [-0.2, 0) is 0 Å². The molecule has 1 amide bonds. The second-order valence-electron chi connectivity index (χ2n) is 4.15. The molecule has 0 bridgehead atoms. The van der Waals surface area contributed by atoms with Crippen molar-refractivity contribution in [3.05, 3.63) is 44.0 Å². The fourth-order valence-corrected chi connectivity index (χ4v) is 3.07. The maximum absolute atomic E-state index is 12.0. The van der Waals surface area contributed by atoms with E-state index in [1.807, 2.05) is 31.1 Å². The Bertz CT molecular complexity index is 612. The van der Waals surface area contributed by atoms with Crippen LogP contribution in [0, 0.1) is 0 Å². The molecule has 100 valence electrons. The Morgan fingerprint density at radius 2 is 2.11 bits per heavy atom. The minimum atomic E-state index is -0.143. The summed E-state index contributed by atoms with van der Waals surface area (Å²) in [5.74, 6) is -0.143. The molecule has 0 spiro atoms. The van der Waals surface area contributed by atoms with Gasteiger partial charge in [-0.2, -0.15) is 0 Å². The van der Waals surface area contributed by atoms with E-state index in [2.05, 4.69) is 21.2 Å². The summed E-state index contributed by atoms with van der Waals surface area (Å²) < 4.78 is 0.929. The first kappa shape index (κ1) is 14.4. The summed E-state index contributed by atoms with van der Waals surface area (Å²) in [6.45, 7) is 0. The summed E-state index contributed by atoms with van der Waals surface area (Å²) in [6.07, 6.45) is 0. The lowest BCUT2D eigenvalue weighted by molar-refractivity contribution is 0.102. The molecule has 0 fully saturated rings. The fourth-order valence-electron chi connectivity index (χ4n) is 1.58. The molecule has 2 rings (SSSR count). The van der Waals surface area contributed by atoms with E-state index in [1.54, 1.807) is 17.5 Å². The van der Waals surface area contributed by atoms with Crippen LogP contribution in [0.3, 0.4) is 0 Å². The Balaban J connectivity index is 2.16. The highest BCUT2D eigenvalue weighted by molar-refractivity contribution is 9.11. The van der Waals surface area contributed by atoms with Crippen LogP contribution in [0.5, 0.6) is 0 Å². The third kappa shape index (κ3) is 3.49. The normalized spacial score (nSPS) is 10.3. The molecule has 1 heterocycles. The smallest absolute Gasteiger partial charge is 0.256 e. The number of hydrogen-bond donors (Lipinski definition) is 1. The highest BCUT2D eigenvalue weighted by Crippen LogP contribution is 2.28. The van der Waals surface area contributed by atoms with Crippen molar-refractivity contribution in [2.75, 3.05) is 24.3 Å². The summed E-state index contributed by atoms with van der Waals surface area (Å²) in [4.78, 5) is 13.9. The highest BCUT2D eigenvalue weighted by atomic mass is 79.9. The number of thiophene rings is 1. The second kappa shape index (κ2) is 5.94. The summed E-state index contributed by atoms with van der Waals surface area (Å²) in [5.41, 5.74) is 2.23. The maximum Gasteiger partial charge on any atom is 0.256 e. The average molecular weight is 360 g/mol. The molecule has 19 heavy (non-hydrogen) atoms. The van der Waals surface area contributed by atoms with Crippen LogP contribution in [0.4, 0.5) is 11.4 Å². The number of carbonyl (C=O) groups excluding carboxylic acids is 1. The Morgan fingerprint density at radius 1 is 1.37 bits per heavy atom. The molecule has 1 aromatic carbocycles. The molecule has 1 aromatic heterocycles. The van der Waals surface area contributed by atoms with E-state index < -0.39 is 0 Å². The van der Waals surface area contributed by atoms with E-state index >= 15 is 0 Å². The number of amides is 1. The van der Waals surface area contributed by atoms with E-state index in [9.17, 15) is 4.79 Å². The van der Waals surface area contributed by atoms with Crippen LogP contribution < -0.4 is 10.2 Å². The lowest BCUT2D eigenvalue weighted by Crippen LogP contribution is -2.12. The first-order chi connectivity index (χ1) is 8.97. The molecule has 2 aromatic rings. The molecule has 0 saturated heterocycles. The van der Waals surface area contributed by atoms with E-state index in [0.29, 0.717) is 16.3 Å². The average Bonchev–Trinajstić information content (AvgIpc) is 2.75. The van der Waals surface area contributed by atoms with Crippen molar-refractivity contribution in [1.82, 2.24) is 0 Å². The van der Waals surface area contributed by atoms with Gasteiger partial charge in [0.25, 0.3) is 5.91 Å². The molecular weight excluding hydrogens is 348 g/mol. The van der Waals surface area contributed by atoms with Crippen LogP contribution in [0.2, 0.25) is 5.02 Å². The first-order valence-corrected chi connectivity index (χ1v) is 7.54. The molecule has 3 nitrogen and oxygen atoms in total. The van der Waals surface area contributed by atoms with Gasteiger partial charge in [-0.3, -0.25) is 4.79 Å². The number of rotatable bonds is 3. The predicted octanol–water partition coefficient (Wildman–Crippen LogP) is 4.48. The standard InChI is InChI=1S/C13H12BrClN2OS/c1-17(2)11-4-3-9(6-10(11)15)16-13(18)8-5-12(14)19-7-8/h3-7H,1-2H3,(H,16,18). The Kier molecular flexibility index (Phi) is 4.50. The summed E-state index contributed by atoms with van der Waals surface area (Å²) in [5, 5.41) is 5.23. The van der Waals surface area contributed by atoms with Crippen molar-refractivity contribution in [3.63, 3.8) is 0 Å². The van der Waals surface area contributed by atoms with Crippen molar-refractivity contribution in [2.45, 2.75) is 0 Å². The summed E-state index contributed by atoms with van der Waals surface area (Å²) in [6, 6.07) is 7.24. The molecule has 1 N–H and O–H groups in total. The predicted molar refractivity (Wildman–Crippen MR) is 85.8 cm³/mol. The van der Waals surface area contributed by atoms with Crippen molar-refractivity contribution in [3.8, 4) is 0 Å². The summed E-state index contributed by atoms with van der Waals surface area (Å²) >= 11 is 11.0. The van der Waals surface area contributed by atoms with Crippen molar-refractivity contribution in [1.29, 1.82) is 0 Å². The van der Waals surface area contributed by atoms with Crippen LogP contribution in [0.1, 0.15) is 10.4 Å². The fraction of sp³-hybridized carbons (Fsp3) is 0.154. The third-order valence-corrected chi connectivity index (χ3v) is 4.32. The number of carbonyl (C=O) groups is 1. The van der Waals surface area contributed by atoms with E-state index in [-0.39, 0.29) is 5.91 Å². The molecule has 0 radical (unpaired) electrons. The molecule has 6 heteroatoms. The molecule has 0 unspecified atom stereocenters. The van der Waals surface area contributed by atoms with E-state index in [1.165, 1.54) is 11.3 Å². The lowest BCUT2D eigenvalue weighted by atomic mass is 10.2. The van der Waals surface area contributed by atoms with Crippen molar-refractivity contribution in [2.24, 2.45) is 0 Å². The third-order valence-electron chi connectivity index (χ3n) is 2.52. The SMILES string of the molecule is CN(C)c1ccc(NC(=O)c2csc(Br)c2)cc1Cl. The van der Waals surface area contributed by atoms with Gasteiger partial charge in [0.2, 0.25) is 0 Å². The number of anilines is 2. The number of benzene rings is 1. The largest absolute Gasteiger partial charge is 0.376 e. The van der Waals surface area contributed by atoms with Gasteiger partial charge in [0.15, 0.2) is 0 Å². The van der Waals surface area contributed by atoms with Gasteiger partial charge in [-0.05, 0) is 40.2 Å². The molecular formula is C13H12BrClN2OS. The lowest BCUT2D eigenvalue weighted by Gasteiger charge is -2.15. The van der Waals surface area contributed by atoms with Gasteiger partial charge in [0, 0.05) is 25.2 Å². The quantitative estimate of drug-likeness (QED) is 0.876. The van der Waals surface area contributed by atoms with E-state index in [4.69, 9.17) is 11.6 Å². The van der Waals surface area contributed by atoms with Gasteiger partial charge < -0.3 is 10.2 Å². The van der Waals surface area contributed by atoms with Gasteiger partial charge in [-0.1, -0.05) is 11.6 Å². The zero-order valence-electron chi connectivity index (χ0n) is 10.4. The van der Waals surface area contributed by atoms with Gasteiger partial charge in [-0.25, -0.2) is 0 Å². The monoisotopic (exact) mass is 358 g/mol. The number of hydrogen-bond acceptors (Lipinski definition) is 3. The second-order valence-corrected chi connectivity index (χ2v) is 6.85. The number of nitrogens with zero attached hydrogens (tertiary/aromatic N) is 1. The van der Waals surface area contributed by atoms with Crippen LogP contribution in [-0.4, -0.2) is 20.0 Å². The molecule has 0 saturated carbocycles. The van der Waals surface area contributed by atoms with Gasteiger partial charge in [-0.15, -0.1) is 11.3 Å². The number of halogens is 2. The van der Waals surface area contributed by atoms with Crippen molar-refractivity contribution < 1.29 is 4.79 Å². The minimum Gasteiger partial charge on any atom is -0.376 e. The van der Waals surface area contributed by atoms with Crippen LogP contribution in [0.15, 0.2) is 33.4 Å². The van der Waals surface area contributed by atoms with Crippen LogP contribution >= 0.6 is 38.9 Å². The Hall–Kier alpha value is -1.04. The van der Waals surface area contributed by atoms with Gasteiger partial charge >= 0.3 is 0 Å². The van der Waals surface area contributed by atoms with Crippen molar-refractivity contribution >= 4 is 56.1 Å². The first-order valence-electron chi connectivity index (χ1n) is 5.49. The number of nitrogens with one attached hydrogen (secondary N) is 1. The molecule has 0 aliphatic rings. The molecule has 0 atom stereocenters. The van der Waals surface area contributed by atoms with Crippen LogP contribution in [0.25, 0.3) is 0 Å². The zero-order chi connectivity index (χ0) is 14.0. The topological polar surface area (TPSA) is 32.3 Å². The maximum atomic E-state index is 12.0. The zero-order valence-corrected chi connectivity index (χ0v) is 13.6. The Labute approximate surface area is 129 Å². The summed E-state index contributed by atoms with van der Waals surface area (Å²) in [7, 11) is 3.84. The van der Waals surface area contributed by atoms with Gasteiger partial charge in [0.05, 0.1) is 20.1 Å². The van der Waals surface area contributed by atoms with Gasteiger partial charge in [0.1, 0.15) is 0 Å². The Morgan fingerprint density at radius 3 is 2.63 bits per heavy atom. The van der Waals surface area contributed by atoms with E-state index in [0.717, 1.165) is 9.47 Å².